The Morgan fingerprint density at radius 1 is 1.29 bits per heavy atom. The predicted molar refractivity (Wildman–Crippen MR) is 79.9 cm³/mol. The Hall–Kier alpha value is -1.15. The number of benzene rings is 1. The monoisotopic (exact) mass is 315 g/mol. The molecule has 0 bridgehead atoms. The standard InChI is InChI=1S/C14H22N2O4S/c1-21(18,19)16-9-7-15(8-10-16)11-13(17)12-20-14-5-3-2-4-6-14/h2-6,13,17H,7-12H2,1H3/p+1/t13-/m1/s1. The number of hydrogen-bond acceptors (Lipinski definition) is 4. The molecule has 0 aliphatic carbocycles. The summed E-state index contributed by atoms with van der Waals surface area (Å²) in [6.45, 7) is 3.29. The zero-order valence-electron chi connectivity index (χ0n) is 12.2. The average molecular weight is 315 g/mol. The van der Waals surface area contributed by atoms with Gasteiger partial charge in [-0.25, -0.2) is 8.42 Å². The van der Waals surface area contributed by atoms with Crippen LogP contribution in [0.15, 0.2) is 30.3 Å². The largest absolute Gasteiger partial charge is 0.491 e. The molecule has 0 aromatic heterocycles. The van der Waals surface area contributed by atoms with Crippen LogP contribution in [0.5, 0.6) is 5.75 Å². The number of nitrogens with one attached hydrogen (secondary N) is 1. The Balaban J connectivity index is 1.71. The van der Waals surface area contributed by atoms with Gasteiger partial charge < -0.3 is 14.7 Å². The molecule has 21 heavy (non-hydrogen) atoms. The Bertz CT molecular complexity index is 527. The van der Waals surface area contributed by atoms with Crippen molar-refractivity contribution >= 4 is 10.0 Å². The molecule has 0 radical (unpaired) electrons. The number of para-hydroxylation sites is 1. The van der Waals surface area contributed by atoms with Gasteiger partial charge in [-0.15, -0.1) is 0 Å². The lowest BCUT2D eigenvalue weighted by Crippen LogP contribution is -3.15. The molecule has 1 aliphatic rings. The van der Waals surface area contributed by atoms with E-state index in [1.54, 1.807) is 0 Å². The molecule has 2 N–H and O–H groups in total. The molecule has 0 saturated carbocycles. The quantitative estimate of drug-likeness (QED) is 0.676. The highest BCUT2D eigenvalue weighted by Crippen LogP contribution is 2.08. The average Bonchev–Trinajstić information content (AvgIpc) is 2.46. The van der Waals surface area contributed by atoms with Crippen molar-refractivity contribution < 1.29 is 23.2 Å². The zero-order chi connectivity index (χ0) is 15.3. The van der Waals surface area contributed by atoms with Crippen molar-refractivity contribution in [1.29, 1.82) is 0 Å². The molecule has 2 rings (SSSR count). The van der Waals surface area contributed by atoms with Crippen molar-refractivity contribution in [2.75, 3.05) is 45.6 Å². The second kappa shape index (κ2) is 7.22. The molecule has 1 saturated heterocycles. The van der Waals surface area contributed by atoms with Crippen LogP contribution < -0.4 is 9.64 Å². The van der Waals surface area contributed by atoms with Gasteiger partial charge in [0.1, 0.15) is 25.0 Å². The highest BCUT2D eigenvalue weighted by molar-refractivity contribution is 7.88. The van der Waals surface area contributed by atoms with E-state index in [9.17, 15) is 13.5 Å². The van der Waals surface area contributed by atoms with Crippen molar-refractivity contribution in [1.82, 2.24) is 4.31 Å². The number of hydrogen-bond donors (Lipinski definition) is 2. The maximum atomic E-state index is 11.4. The maximum Gasteiger partial charge on any atom is 0.211 e. The van der Waals surface area contributed by atoms with Crippen LogP contribution in [0.2, 0.25) is 0 Å². The number of nitrogens with zero attached hydrogens (tertiary/aromatic N) is 1. The van der Waals surface area contributed by atoms with Gasteiger partial charge in [-0.05, 0) is 12.1 Å². The lowest BCUT2D eigenvalue weighted by molar-refractivity contribution is -0.906. The fourth-order valence-corrected chi connectivity index (χ4v) is 3.29. The van der Waals surface area contributed by atoms with Gasteiger partial charge in [0, 0.05) is 0 Å². The Morgan fingerprint density at radius 3 is 2.48 bits per heavy atom. The van der Waals surface area contributed by atoms with E-state index in [1.165, 1.54) is 15.5 Å². The van der Waals surface area contributed by atoms with Crippen molar-refractivity contribution in [3.8, 4) is 5.75 Å². The molecule has 1 fully saturated rings. The molecule has 0 amide bonds. The summed E-state index contributed by atoms with van der Waals surface area (Å²) in [6, 6.07) is 9.39. The summed E-state index contributed by atoms with van der Waals surface area (Å²) in [5.74, 6) is 0.744. The van der Waals surface area contributed by atoms with Gasteiger partial charge in [0.2, 0.25) is 10.0 Å². The molecule has 1 aromatic carbocycles. The Labute approximate surface area is 126 Å². The highest BCUT2D eigenvalue weighted by Gasteiger charge is 2.27. The van der Waals surface area contributed by atoms with Crippen LogP contribution in [-0.4, -0.2) is 69.5 Å². The molecule has 1 heterocycles. The SMILES string of the molecule is CS(=O)(=O)N1CC[NH+](C[C@@H](O)COc2ccccc2)CC1. The smallest absolute Gasteiger partial charge is 0.211 e. The van der Waals surface area contributed by atoms with E-state index in [2.05, 4.69) is 0 Å². The van der Waals surface area contributed by atoms with Crippen molar-refractivity contribution in [3.63, 3.8) is 0 Å². The van der Waals surface area contributed by atoms with E-state index >= 15 is 0 Å². The van der Waals surface area contributed by atoms with Gasteiger partial charge in [0.05, 0.1) is 32.4 Å². The summed E-state index contributed by atoms with van der Waals surface area (Å²) >= 11 is 0. The van der Waals surface area contributed by atoms with Gasteiger partial charge in [0.25, 0.3) is 0 Å². The van der Waals surface area contributed by atoms with E-state index in [4.69, 9.17) is 4.74 Å². The minimum Gasteiger partial charge on any atom is -0.491 e. The lowest BCUT2D eigenvalue weighted by atomic mass is 10.3. The van der Waals surface area contributed by atoms with Crippen LogP contribution in [0.4, 0.5) is 0 Å². The fourth-order valence-electron chi connectivity index (χ4n) is 2.44. The summed E-state index contributed by atoms with van der Waals surface area (Å²) in [5, 5.41) is 10.0. The van der Waals surface area contributed by atoms with Crippen molar-refractivity contribution in [3.05, 3.63) is 30.3 Å². The number of piperazine rings is 1. The topological polar surface area (TPSA) is 71.3 Å². The molecule has 1 atom stereocenters. The van der Waals surface area contributed by atoms with Gasteiger partial charge in [-0.2, -0.15) is 4.31 Å². The lowest BCUT2D eigenvalue weighted by Gasteiger charge is -2.31. The van der Waals surface area contributed by atoms with Crippen LogP contribution in [0.3, 0.4) is 0 Å². The number of ether oxygens (including phenoxy) is 1. The molecule has 6 nitrogen and oxygen atoms in total. The first-order chi connectivity index (χ1) is 9.95. The predicted octanol–water partition coefficient (Wildman–Crippen LogP) is -1.41. The third kappa shape index (κ3) is 5.28. The van der Waals surface area contributed by atoms with Crippen LogP contribution >= 0.6 is 0 Å². The van der Waals surface area contributed by atoms with E-state index in [1.807, 2.05) is 30.3 Å². The second-order valence-electron chi connectivity index (χ2n) is 5.39. The second-order valence-corrected chi connectivity index (χ2v) is 7.38. The van der Waals surface area contributed by atoms with Crippen molar-refractivity contribution in [2.45, 2.75) is 6.10 Å². The van der Waals surface area contributed by atoms with E-state index in [-0.39, 0.29) is 6.61 Å². The Morgan fingerprint density at radius 2 is 1.90 bits per heavy atom. The summed E-state index contributed by atoms with van der Waals surface area (Å²) in [6.07, 6.45) is 0.686. The zero-order valence-corrected chi connectivity index (χ0v) is 13.1. The molecule has 118 valence electrons. The minimum absolute atomic E-state index is 0.253. The van der Waals surface area contributed by atoms with E-state index in [0.29, 0.717) is 19.6 Å². The Kier molecular flexibility index (Phi) is 5.58. The third-order valence-electron chi connectivity index (χ3n) is 3.61. The van der Waals surface area contributed by atoms with Crippen LogP contribution in [0.25, 0.3) is 0 Å². The summed E-state index contributed by atoms with van der Waals surface area (Å²) in [7, 11) is -3.09. The van der Waals surface area contributed by atoms with Gasteiger partial charge >= 0.3 is 0 Å². The maximum absolute atomic E-state index is 11.4. The third-order valence-corrected chi connectivity index (χ3v) is 4.91. The normalized spacial score (nSPS) is 19.3. The van der Waals surface area contributed by atoms with Gasteiger partial charge in [0.15, 0.2) is 0 Å². The van der Waals surface area contributed by atoms with Gasteiger partial charge in [-0.1, -0.05) is 18.2 Å². The number of aliphatic hydroxyl groups is 1. The summed E-state index contributed by atoms with van der Waals surface area (Å²) in [4.78, 5) is 1.21. The first-order valence-corrected chi connectivity index (χ1v) is 8.94. The first kappa shape index (κ1) is 16.2. The molecule has 1 aromatic rings. The van der Waals surface area contributed by atoms with E-state index < -0.39 is 16.1 Å². The number of rotatable bonds is 6. The molecule has 7 heteroatoms. The van der Waals surface area contributed by atoms with Crippen molar-refractivity contribution in [2.24, 2.45) is 0 Å². The molecule has 1 aliphatic heterocycles. The molecule has 0 spiro atoms. The summed E-state index contributed by atoms with van der Waals surface area (Å²) in [5.41, 5.74) is 0. The first-order valence-electron chi connectivity index (χ1n) is 7.10. The molecular formula is C14H23N2O4S+. The van der Waals surface area contributed by atoms with Gasteiger partial charge in [-0.3, -0.25) is 0 Å². The molecule has 0 unspecified atom stereocenters. The minimum atomic E-state index is -3.09. The number of quaternary nitrogens is 1. The number of aliphatic hydroxyl groups excluding tert-OH is 1. The van der Waals surface area contributed by atoms with Crippen LogP contribution in [0.1, 0.15) is 0 Å². The highest BCUT2D eigenvalue weighted by atomic mass is 32.2. The van der Waals surface area contributed by atoms with Crippen LogP contribution in [-0.2, 0) is 10.0 Å². The van der Waals surface area contributed by atoms with Crippen LogP contribution in [0, 0.1) is 0 Å². The van der Waals surface area contributed by atoms with E-state index in [0.717, 1.165) is 18.8 Å². The number of sulfonamides is 1. The fraction of sp³-hybridized carbons (Fsp3) is 0.571. The molecular weight excluding hydrogens is 292 g/mol. The summed E-state index contributed by atoms with van der Waals surface area (Å²) < 4.78 is 29.8.